The number of amides is 4. The van der Waals surface area contributed by atoms with Crippen LogP contribution in [0.5, 0.6) is 0 Å². The zero-order valence-electron chi connectivity index (χ0n) is 34.2. The van der Waals surface area contributed by atoms with E-state index in [1.165, 1.54) is 14.2 Å². The van der Waals surface area contributed by atoms with Gasteiger partial charge in [0.15, 0.2) is 0 Å². The fourth-order valence-electron chi connectivity index (χ4n) is 7.84. The molecule has 2 saturated heterocycles. The number of hydrogen-bond donors (Lipinski definition) is 4. The van der Waals surface area contributed by atoms with Crippen molar-refractivity contribution in [1.29, 1.82) is 0 Å². The molecule has 2 aliphatic heterocycles. The van der Waals surface area contributed by atoms with Gasteiger partial charge in [0.05, 0.1) is 55.0 Å². The molecular weight excluding hydrogens is 771 g/mol. The number of imidazole rings is 2. The number of nitrogens with zero attached hydrogens (tertiary/aromatic N) is 5. The molecular formula is C43H51N9O6S. The van der Waals surface area contributed by atoms with Crippen LogP contribution in [0.4, 0.5) is 9.59 Å². The second-order valence-electron chi connectivity index (χ2n) is 15.6. The van der Waals surface area contributed by atoms with Crippen LogP contribution in [-0.2, 0) is 19.1 Å². The lowest BCUT2D eigenvalue weighted by Crippen LogP contribution is -2.51. The third-order valence-corrected chi connectivity index (χ3v) is 12.2. The van der Waals surface area contributed by atoms with Gasteiger partial charge in [0, 0.05) is 24.8 Å². The summed E-state index contributed by atoms with van der Waals surface area (Å²) in [7, 11) is 2.58. The molecule has 15 nitrogen and oxygen atoms in total. The summed E-state index contributed by atoms with van der Waals surface area (Å²) in [4.78, 5) is 76.6. The van der Waals surface area contributed by atoms with Crippen LogP contribution in [0.3, 0.4) is 0 Å². The first-order valence-corrected chi connectivity index (χ1v) is 20.8. The maximum Gasteiger partial charge on any atom is 0.407 e. The topological polar surface area (TPSA) is 188 Å². The van der Waals surface area contributed by atoms with Crippen LogP contribution in [0.25, 0.3) is 43.5 Å². The lowest BCUT2D eigenvalue weighted by molar-refractivity contribution is -0.136. The molecule has 2 aromatic carbocycles. The monoisotopic (exact) mass is 821 g/mol. The van der Waals surface area contributed by atoms with Crippen molar-refractivity contribution in [2.75, 3.05) is 27.3 Å². The first-order valence-electron chi connectivity index (χ1n) is 20.0. The highest BCUT2D eigenvalue weighted by Gasteiger charge is 2.39. The Labute approximate surface area is 347 Å². The van der Waals surface area contributed by atoms with E-state index in [2.05, 4.69) is 54.8 Å². The second kappa shape index (κ2) is 17.9. The van der Waals surface area contributed by atoms with Gasteiger partial charge in [-0.15, -0.1) is 11.3 Å². The number of ether oxygens (including phenoxy) is 2. The summed E-state index contributed by atoms with van der Waals surface area (Å²) in [5.41, 5.74) is 5.69. The highest BCUT2D eigenvalue weighted by molar-refractivity contribution is 7.18. The maximum atomic E-state index is 13.5. The number of H-pyrrole nitrogens is 2. The third kappa shape index (κ3) is 8.87. The molecule has 0 spiro atoms. The number of rotatable bonds is 12. The Morgan fingerprint density at radius 2 is 1.07 bits per heavy atom. The largest absolute Gasteiger partial charge is 0.453 e. The van der Waals surface area contributed by atoms with Crippen LogP contribution in [0.2, 0.25) is 0 Å². The van der Waals surface area contributed by atoms with Crippen molar-refractivity contribution >= 4 is 35.3 Å². The number of aromatic amines is 2. The molecule has 310 valence electrons. The number of likely N-dealkylation sites (tertiary alicyclic amines) is 2. The van der Waals surface area contributed by atoms with Gasteiger partial charge in [0.25, 0.3) is 0 Å². The van der Waals surface area contributed by atoms with Crippen LogP contribution in [-0.4, -0.2) is 98.1 Å². The molecule has 4 amide bonds. The molecule has 5 aromatic rings. The lowest BCUT2D eigenvalue weighted by atomic mass is 10.0. The van der Waals surface area contributed by atoms with Gasteiger partial charge in [-0.1, -0.05) is 76.2 Å². The van der Waals surface area contributed by atoms with E-state index in [9.17, 15) is 19.2 Å². The zero-order chi connectivity index (χ0) is 41.8. The average molecular weight is 822 g/mol. The number of hydrogen-bond acceptors (Lipinski definition) is 10. The van der Waals surface area contributed by atoms with Crippen molar-refractivity contribution in [3.8, 4) is 43.5 Å². The van der Waals surface area contributed by atoms with Crippen LogP contribution < -0.4 is 10.6 Å². The molecule has 5 heterocycles. The van der Waals surface area contributed by atoms with Crippen LogP contribution in [0.15, 0.2) is 67.1 Å². The van der Waals surface area contributed by atoms with Crippen molar-refractivity contribution in [2.24, 2.45) is 11.8 Å². The van der Waals surface area contributed by atoms with Gasteiger partial charge in [-0.3, -0.25) is 9.59 Å². The maximum absolute atomic E-state index is 13.5. The number of carbonyl (C=O) groups excluding carboxylic acids is 4. The van der Waals surface area contributed by atoms with Gasteiger partial charge in [0.2, 0.25) is 11.8 Å². The number of thiazole rings is 1. The van der Waals surface area contributed by atoms with E-state index in [1.54, 1.807) is 28.6 Å². The SMILES string of the molecule is COC(=O)NC(C(=O)N1CCC[C@H]1c1ncc(-c2ccc(-c3ncc(-c4ccc(-c5cnc([C@@H]6CCCN6C(=O)[C@@H](NC(=O)OC)C(C)C)[nH]5)cc4)s3)cc2)[nH]1)C(C)C. The third-order valence-electron chi connectivity index (χ3n) is 11.1. The van der Waals surface area contributed by atoms with E-state index in [-0.39, 0.29) is 35.7 Å². The lowest BCUT2D eigenvalue weighted by Gasteiger charge is -2.30. The van der Waals surface area contributed by atoms with Crippen molar-refractivity contribution in [3.63, 3.8) is 0 Å². The van der Waals surface area contributed by atoms with E-state index in [0.29, 0.717) is 13.1 Å². The molecule has 1 unspecified atom stereocenters. The van der Waals surface area contributed by atoms with Crippen molar-refractivity contribution in [2.45, 2.75) is 77.5 Å². The number of carbonyl (C=O) groups is 4. The average Bonchev–Trinajstić information content (AvgIpc) is 4.10. The van der Waals surface area contributed by atoms with Crippen LogP contribution >= 0.6 is 11.3 Å². The van der Waals surface area contributed by atoms with E-state index >= 15 is 0 Å². The van der Waals surface area contributed by atoms with Crippen LogP contribution in [0.1, 0.15) is 77.1 Å². The minimum atomic E-state index is -0.690. The summed E-state index contributed by atoms with van der Waals surface area (Å²) in [6.45, 7) is 8.79. The molecule has 3 aromatic heterocycles. The molecule has 2 fully saturated rings. The Morgan fingerprint density at radius 1 is 0.644 bits per heavy atom. The molecule has 0 aliphatic carbocycles. The van der Waals surface area contributed by atoms with Gasteiger partial charge >= 0.3 is 12.2 Å². The van der Waals surface area contributed by atoms with Crippen molar-refractivity contribution in [3.05, 3.63) is 78.8 Å². The molecule has 59 heavy (non-hydrogen) atoms. The van der Waals surface area contributed by atoms with E-state index in [0.717, 1.165) is 80.9 Å². The van der Waals surface area contributed by atoms with Gasteiger partial charge in [-0.05, 0) is 54.2 Å². The summed E-state index contributed by atoms with van der Waals surface area (Å²) >= 11 is 1.61. The predicted molar refractivity (Wildman–Crippen MR) is 224 cm³/mol. The second-order valence-corrected chi connectivity index (χ2v) is 16.7. The molecule has 0 bridgehead atoms. The number of benzene rings is 2. The van der Waals surface area contributed by atoms with Gasteiger partial charge in [0.1, 0.15) is 28.7 Å². The Morgan fingerprint density at radius 3 is 1.49 bits per heavy atom. The minimum absolute atomic E-state index is 0.106. The number of methoxy groups -OCH3 is 2. The van der Waals surface area contributed by atoms with E-state index in [1.807, 2.05) is 63.1 Å². The summed E-state index contributed by atoms with van der Waals surface area (Å²) in [6, 6.07) is 14.6. The van der Waals surface area contributed by atoms with Gasteiger partial charge in [-0.25, -0.2) is 24.5 Å². The zero-order valence-corrected chi connectivity index (χ0v) is 35.0. The normalized spacial score (nSPS) is 17.6. The standard InChI is InChI=1S/C43H51N9O6S/c1-24(2)35(49-42(55)57-5)40(53)51-19-7-9-32(51)37-44-21-30(47-37)26-11-15-28(16-12-26)34-23-46-39(59-34)29-17-13-27(14-18-29)31-22-45-38(48-31)33-10-8-20-52(33)41(54)36(25(3)4)50-43(56)58-6/h11-18,21-25,32-33,35-36H,7-10,19-20H2,1-6H3,(H,44,47)(H,45,48)(H,49,55)(H,50,56)/t32-,33-,35-,36?/m0/s1. The Balaban J connectivity index is 0.989. The number of aromatic nitrogens is 5. The Hall–Kier alpha value is -6.03. The molecule has 0 saturated carbocycles. The highest BCUT2D eigenvalue weighted by Crippen LogP contribution is 2.37. The van der Waals surface area contributed by atoms with Gasteiger partial charge in [-0.2, -0.15) is 0 Å². The molecule has 0 radical (unpaired) electrons. The van der Waals surface area contributed by atoms with Crippen LogP contribution in [0, 0.1) is 11.8 Å². The molecule has 16 heteroatoms. The predicted octanol–water partition coefficient (Wildman–Crippen LogP) is 7.35. The summed E-state index contributed by atoms with van der Waals surface area (Å²) in [5.74, 6) is 0.946. The van der Waals surface area contributed by atoms with Crippen molar-refractivity contribution < 1.29 is 28.7 Å². The van der Waals surface area contributed by atoms with E-state index < -0.39 is 24.3 Å². The smallest absolute Gasteiger partial charge is 0.407 e. The minimum Gasteiger partial charge on any atom is -0.453 e. The molecule has 4 atom stereocenters. The molecule has 2 aliphatic rings. The van der Waals surface area contributed by atoms with Crippen molar-refractivity contribution in [1.82, 2.24) is 45.4 Å². The summed E-state index contributed by atoms with van der Waals surface area (Å²) in [6.07, 6.45) is 7.49. The molecule has 4 N–H and O–H groups in total. The fourth-order valence-corrected chi connectivity index (χ4v) is 8.77. The molecule has 7 rings (SSSR count). The Kier molecular flexibility index (Phi) is 12.4. The quantitative estimate of drug-likeness (QED) is 0.0999. The highest BCUT2D eigenvalue weighted by atomic mass is 32.1. The number of alkyl carbamates (subject to hydrolysis) is 2. The first kappa shape index (κ1) is 41.1. The van der Waals surface area contributed by atoms with E-state index in [4.69, 9.17) is 14.5 Å². The fraction of sp³-hybridized carbons (Fsp3) is 0.419. The first-order chi connectivity index (χ1) is 28.4. The van der Waals surface area contributed by atoms with Gasteiger partial charge < -0.3 is 39.9 Å². The summed E-state index contributed by atoms with van der Waals surface area (Å²) in [5, 5.41) is 6.29. The summed E-state index contributed by atoms with van der Waals surface area (Å²) < 4.78 is 9.52. The Bertz CT molecular complexity index is 2110. The number of nitrogens with one attached hydrogen (secondary N) is 4.